The van der Waals surface area contributed by atoms with E-state index < -0.39 is 97.5 Å². The Labute approximate surface area is 522 Å². The second kappa shape index (κ2) is 58.9. The Bertz CT molecular complexity index is 1780. The third-order valence-electron chi connectivity index (χ3n) is 15.2. The number of phosphoric ester groups is 2. The van der Waals surface area contributed by atoms with Gasteiger partial charge >= 0.3 is 39.5 Å². The molecule has 0 aliphatic rings. The molecule has 19 heteroatoms. The van der Waals surface area contributed by atoms with Crippen LogP contribution in [0.15, 0.2) is 24.3 Å². The minimum atomic E-state index is -4.96. The second-order valence-electron chi connectivity index (χ2n) is 24.2. The van der Waals surface area contributed by atoms with Gasteiger partial charge in [0.2, 0.25) is 0 Å². The van der Waals surface area contributed by atoms with Gasteiger partial charge in [0.1, 0.15) is 19.3 Å². The molecule has 0 aromatic rings. The zero-order valence-corrected chi connectivity index (χ0v) is 56.9. The minimum absolute atomic E-state index is 0.0845. The SMILES string of the molecule is CCCCCC/C=C\C=C/CCCCCCCC(=O)O[C@H](COC(=O)CCCCCCCCCCCCCC(C)C)COP(=O)(O)OC[C@@H](O)COP(=O)(O)OC[C@@H](COC(=O)CCCCCCCCC)OC(=O)CCCCCCCCC(C)CC. The van der Waals surface area contributed by atoms with Crippen molar-refractivity contribution >= 4 is 39.5 Å². The molecule has 506 valence electrons. The Hall–Kier alpha value is -2.46. The first kappa shape index (κ1) is 83.5. The molecular formula is C67H126O17P2. The van der Waals surface area contributed by atoms with Gasteiger partial charge < -0.3 is 33.8 Å². The van der Waals surface area contributed by atoms with Crippen molar-refractivity contribution in [2.45, 2.75) is 330 Å². The van der Waals surface area contributed by atoms with E-state index in [9.17, 15) is 43.2 Å². The van der Waals surface area contributed by atoms with Crippen molar-refractivity contribution in [1.29, 1.82) is 0 Å². The number of unbranched alkanes of at least 4 members (excludes halogenated alkanes) is 30. The lowest BCUT2D eigenvalue weighted by molar-refractivity contribution is -0.161. The lowest BCUT2D eigenvalue weighted by atomic mass is 10.00. The molecule has 0 saturated carbocycles. The van der Waals surface area contributed by atoms with Crippen molar-refractivity contribution in [3.63, 3.8) is 0 Å². The van der Waals surface area contributed by atoms with E-state index >= 15 is 0 Å². The monoisotopic (exact) mass is 1260 g/mol. The number of phosphoric acid groups is 2. The van der Waals surface area contributed by atoms with E-state index in [0.717, 1.165) is 127 Å². The highest BCUT2D eigenvalue weighted by Crippen LogP contribution is 2.45. The second-order valence-corrected chi connectivity index (χ2v) is 27.1. The molecule has 0 rings (SSSR count). The number of aliphatic hydroxyl groups excluding tert-OH is 1. The van der Waals surface area contributed by atoms with Crippen molar-refractivity contribution in [3.8, 4) is 0 Å². The molecule has 0 aromatic heterocycles. The molecule has 0 aromatic carbocycles. The largest absolute Gasteiger partial charge is 0.472 e. The molecule has 6 atom stereocenters. The molecule has 0 saturated heterocycles. The summed E-state index contributed by atoms with van der Waals surface area (Å²) >= 11 is 0. The summed E-state index contributed by atoms with van der Waals surface area (Å²) in [5.41, 5.74) is 0. The fourth-order valence-corrected chi connectivity index (χ4v) is 11.1. The van der Waals surface area contributed by atoms with Crippen LogP contribution < -0.4 is 0 Å². The zero-order valence-electron chi connectivity index (χ0n) is 55.1. The maximum Gasteiger partial charge on any atom is 0.472 e. The Morgan fingerprint density at radius 2 is 0.686 bits per heavy atom. The number of esters is 4. The summed E-state index contributed by atoms with van der Waals surface area (Å²) in [5, 5.41) is 10.5. The third kappa shape index (κ3) is 59.2. The summed E-state index contributed by atoms with van der Waals surface area (Å²) in [6.45, 7) is 9.36. The lowest BCUT2D eigenvalue weighted by Crippen LogP contribution is -2.30. The number of carbonyl (C=O) groups is 4. The predicted octanol–water partition coefficient (Wildman–Crippen LogP) is 18.4. The van der Waals surface area contributed by atoms with Gasteiger partial charge in [-0.3, -0.25) is 37.3 Å². The molecule has 0 aliphatic carbocycles. The topological polar surface area (TPSA) is 237 Å². The van der Waals surface area contributed by atoms with Crippen molar-refractivity contribution in [3.05, 3.63) is 24.3 Å². The van der Waals surface area contributed by atoms with Gasteiger partial charge in [-0.1, -0.05) is 258 Å². The van der Waals surface area contributed by atoms with Crippen LogP contribution in [0.3, 0.4) is 0 Å². The molecule has 0 spiro atoms. The van der Waals surface area contributed by atoms with Crippen molar-refractivity contribution in [2.75, 3.05) is 39.6 Å². The standard InChI is InChI=1S/C67H126O17P2/c1-7-10-12-14-16-17-18-19-20-21-24-28-32-39-45-51-66(71)83-62(56-78-65(70)50-44-38-31-27-25-22-23-26-30-35-41-47-59(4)5)57-81-85(73,74)79-53-61(68)54-80-86(75,76)82-58-63(55-77-64(69)49-43-37-29-15-13-11-8-2)84-67(72)52-46-40-34-33-36-42-48-60(6)9-3/h17-20,59-63,68H,7-16,21-58H2,1-6H3,(H,73,74)(H,75,76)/b18-17-,20-19-/t60?,61-,62-,63-/m1/s1. The van der Waals surface area contributed by atoms with Crippen LogP contribution in [0, 0.1) is 11.8 Å². The lowest BCUT2D eigenvalue weighted by Gasteiger charge is -2.21. The average molecular weight is 1270 g/mol. The molecule has 0 fully saturated rings. The predicted molar refractivity (Wildman–Crippen MR) is 344 cm³/mol. The molecule has 0 amide bonds. The van der Waals surface area contributed by atoms with Crippen LogP contribution in [0.5, 0.6) is 0 Å². The molecule has 3 N–H and O–H groups in total. The molecule has 86 heavy (non-hydrogen) atoms. The average Bonchev–Trinajstić information content (AvgIpc) is 3.67. The molecule has 0 radical (unpaired) electrons. The van der Waals surface area contributed by atoms with Crippen LogP contribution in [-0.2, 0) is 65.4 Å². The van der Waals surface area contributed by atoms with Crippen molar-refractivity contribution < 1.29 is 80.2 Å². The first-order valence-electron chi connectivity index (χ1n) is 34.3. The molecule has 0 aliphatic heterocycles. The van der Waals surface area contributed by atoms with E-state index in [2.05, 4.69) is 65.8 Å². The van der Waals surface area contributed by atoms with Crippen LogP contribution in [0.2, 0.25) is 0 Å². The number of allylic oxidation sites excluding steroid dienone is 4. The van der Waals surface area contributed by atoms with E-state index in [1.807, 2.05) is 0 Å². The normalized spacial score (nSPS) is 14.7. The van der Waals surface area contributed by atoms with Crippen LogP contribution in [0.1, 0.15) is 311 Å². The Morgan fingerprint density at radius 3 is 1.05 bits per heavy atom. The summed E-state index contributed by atoms with van der Waals surface area (Å²) in [6.07, 6.45) is 45.4. The van der Waals surface area contributed by atoms with Crippen LogP contribution >= 0.6 is 15.6 Å². The van der Waals surface area contributed by atoms with Crippen LogP contribution in [-0.4, -0.2) is 96.7 Å². The van der Waals surface area contributed by atoms with Gasteiger partial charge in [-0.05, 0) is 63.2 Å². The number of aliphatic hydroxyl groups is 1. The first-order valence-corrected chi connectivity index (χ1v) is 37.3. The van der Waals surface area contributed by atoms with Gasteiger partial charge in [0.05, 0.1) is 26.4 Å². The minimum Gasteiger partial charge on any atom is -0.462 e. The van der Waals surface area contributed by atoms with E-state index in [1.165, 1.54) is 103 Å². The third-order valence-corrected chi connectivity index (χ3v) is 17.1. The van der Waals surface area contributed by atoms with Crippen molar-refractivity contribution in [1.82, 2.24) is 0 Å². The molecule has 0 heterocycles. The van der Waals surface area contributed by atoms with E-state index in [0.29, 0.717) is 25.7 Å². The number of hydrogen-bond acceptors (Lipinski definition) is 15. The summed E-state index contributed by atoms with van der Waals surface area (Å²) < 4.78 is 68.0. The van der Waals surface area contributed by atoms with E-state index in [-0.39, 0.29) is 25.7 Å². The van der Waals surface area contributed by atoms with Gasteiger partial charge in [0.25, 0.3) is 0 Å². The van der Waals surface area contributed by atoms with Gasteiger partial charge in [0.15, 0.2) is 12.2 Å². The molecule has 0 bridgehead atoms. The van der Waals surface area contributed by atoms with Gasteiger partial charge in [-0.15, -0.1) is 0 Å². The smallest absolute Gasteiger partial charge is 0.462 e. The van der Waals surface area contributed by atoms with Crippen molar-refractivity contribution in [2.24, 2.45) is 11.8 Å². The molecular weight excluding hydrogens is 1140 g/mol. The quantitative estimate of drug-likeness (QED) is 0.0169. The van der Waals surface area contributed by atoms with Crippen LogP contribution in [0.25, 0.3) is 0 Å². The number of ether oxygens (including phenoxy) is 4. The summed E-state index contributed by atoms with van der Waals surface area (Å²) in [5.74, 6) is -0.679. The highest BCUT2D eigenvalue weighted by Gasteiger charge is 2.30. The van der Waals surface area contributed by atoms with Gasteiger partial charge in [-0.2, -0.15) is 0 Å². The fourth-order valence-electron chi connectivity index (χ4n) is 9.49. The fraction of sp³-hybridized carbons (Fsp3) is 0.881. The maximum atomic E-state index is 13.0. The molecule has 3 unspecified atom stereocenters. The summed E-state index contributed by atoms with van der Waals surface area (Å²) in [7, 11) is -9.90. The van der Waals surface area contributed by atoms with E-state index in [4.69, 9.17) is 37.0 Å². The number of rotatable bonds is 64. The highest BCUT2D eigenvalue weighted by molar-refractivity contribution is 7.47. The Morgan fingerprint density at radius 1 is 0.384 bits per heavy atom. The van der Waals surface area contributed by atoms with Gasteiger partial charge in [-0.25, -0.2) is 9.13 Å². The number of carbonyl (C=O) groups excluding carboxylic acids is 4. The first-order chi connectivity index (χ1) is 41.4. The maximum absolute atomic E-state index is 13.0. The summed E-state index contributed by atoms with van der Waals surface area (Å²) in [4.78, 5) is 72.2. The summed E-state index contributed by atoms with van der Waals surface area (Å²) in [6, 6.07) is 0. The van der Waals surface area contributed by atoms with E-state index in [1.54, 1.807) is 0 Å². The van der Waals surface area contributed by atoms with Crippen LogP contribution in [0.4, 0.5) is 0 Å². The Kier molecular flexibility index (Phi) is 57.2. The zero-order chi connectivity index (χ0) is 63.6. The Balaban J connectivity index is 5.26. The number of hydrogen-bond donors (Lipinski definition) is 3. The highest BCUT2D eigenvalue weighted by atomic mass is 31.2. The van der Waals surface area contributed by atoms with Gasteiger partial charge in [0, 0.05) is 25.7 Å². The molecule has 17 nitrogen and oxygen atoms in total.